The Morgan fingerprint density at radius 2 is 1.83 bits per heavy atom. The summed E-state index contributed by atoms with van der Waals surface area (Å²) in [5, 5.41) is 18.8. The van der Waals surface area contributed by atoms with Gasteiger partial charge in [0.2, 0.25) is 0 Å². The number of anilines is 2. The number of nitro benzene ring substituents is 1. The molecule has 8 heteroatoms. The van der Waals surface area contributed by atoms with Crippen molar-refractivity contribution in [2.75, 3.05) is 5.32 Å². The van der Waals surface area contributed by atoms with Gasteiger partial charge in [-0.1, -0.05) is 42.5 Å². The van der Waals surface area contributed by atoms with Gasteiger partial charge in [0.1, 0.15) is 18.3 Å². The number of hydrogen-bond acceptors (Lipinski definition) is 6. The van der Waals surface area contributed by atoms with Crippen LogP contribution in [0.15, 0.2) is 85.5 Å². The number of nitrogens with one attached hydrogen (secondary N) is 1. The molecule has 0 aliphatic rings. The van der Waals surface area contributed by atoms with Crippen LogP contribution >= 0.6 is 0 Å². The van der Waals surface area contributed by atoms with Crippen molar-refractivity contribution in [1.29, 1.82) is 0 Å². The van der Waals surface area contributed by atoms with Crippen molar-refractivity contribution in [3.8, 4) is 0 Å². The Morgan fingerprint density at radius 1 is 1.00 bits per heavy atom. The van der Waals surface area contributed by atoms with E-state index in [-0.39, 0.29) is 17.0 Å². The number of hydrogen-bond donors (Lipinski definition) is 1. The number of aromatic nitrogens is 3. The monoisotopic (exact) mass is 399 g/mol. The second kappa shape index (κ2) is 8.36. The standard InChI is InChI=1S/C22H17N5O3/c28-22(17-6-2-1-3-7-17)18-9-10-20(21(12-18)27(29)30)25-19-8-4-5-16(11-19)13-26-15-23-14-24-26/h1-12,14-15,25H,13H2. The molecule has 0 bridgehead atoms. The fourth-order valence-electron chi connectivity index (χ4n) is 3.09. The Balaban J connectivity index is 1.60. The first-order chi connectivity index (χ1) is 14.6. The van der Waals surface area contributed by atoms with Crippen molar-refractivity contribution in [3.63, 3.8) is 0 Å². The van der Waals surface area contributed by atoms with E-state index in [9.17, 15) is 14.9 Å². The first-order valence-corrected chi connectivity index (χ1v) is 9.17. The van der Waals surface area contributed by atoms with E-state index in [0.29, 0.717) is 23.5 Å². The smallest absolute Gasteiger partial charge is 0.293 e. The van der Waals surface area contributed by atoms with Crippen molar-refractivity contribution >= 4 is 22.8 Å². The third kappa shape index (κ3) is 4.22. The molecule has 0 saturated carbocycles. The summed E-state index contributed by atoms with van der Waals surface area (Å²) in [6.45, 7) is 0.530. The van der Waals surface area contributed by atoms with Crippen molar-refractivity contribution in [1.82, 2.24) is 14.8 Å². The molecule has 0 spiro atoms. The Morgan fingerprint density at radius 3 is 2.57 bits per heavy atom. The zero-order chi connectivity index (χ0) is 20.9. The van der Waals surface area contributed by atoms with Crippen LogP contribution in [0.5, 0.6) is 0 Å². The Hall–Kier alpha value is -4.33. The van der Waals surface area contributed by atoms with Gasteiger partial charge >= 0.3 is 0 Å². The van der Waals surface area contributed by atoms with Gasteiger partial charge in [-0.15, -0.1) is 0 Å². The van der Waals surface area contributed by atoms with Gasteiger partial charge in [-0.2, -0.15) is 5.10 Å². The molecule has 0 unspecified atom stereocenters. The first kappa shape index (κ1) is 19.0. The van der Waals surface area contributed by atoms with E-state index < -0.39 is 4.92 Å². The van der Waals surface area contributed by atoms with Crippen LogP contribution in [0.3, 0.4) is 0 Å². The molecule has 1 heterocycles. The van der Waals surface area contributed by atoms with Gasteiger partial charge in [0.05, 0.1) is 11.5 Å². The van der Waals surface area contributed by atoms with Crippen molar-refractivity contribution in [2.45, 2.75) is 6.54 Å². The molecule has 8 nitrogen and oxygen atoms in total. The molecule has 0 radical (unpaired) electrons. The molecule has 0 amide bonds. The summed E-state index contributed by atoms with van der Waals surface area (Å²) in [6.07, 6.45) is 3.08. The molecular weight excluding hydrogens is 382 g/mol. The SMILES string of the molecule is O=C(c1ccccc1)c1ccc(Nc2cccc(Cn3cncn3)c2)c([N+](=O)[O-])c1. The van der Waals surface area contributed by atoms with E-state index in [1.807, 2.05) is 30.3 Å². The van der Waals surface area contributed by atoms with Gasteiger partial charge in [-0.25, -0.2) is 9.67 Å². The zero-order valence-electron chi connectivity index (χ0n) is 15.8. The topological polar surface area (TPSA) is 103 Å². The van der Waals surface area contributed by atoms with Crippen LogP contribution in [-0.4, -0.2) is 25.5 Å². The highest BCUT2D eigenvalue weighted by atomic mass is 16.6. The van der Waals surface area contributed by atoms with Crippen LogP contribution in [0.25, 0.3) is 0 Å². The molecule has 0 atom stereocenters. The van der Waals surface area contributed by atoms with E-state index in [2.05, 4.69) is 15.4 Å². The van der Waals surface area contributed by atoms with E-state index in [4.69, 9.17) is 0 Å². The fourth-order valence-corrected chi connectivity index (χ4v) is 3.09. The molecule has 30 heavy (non-hydrogen) atoms. The summed E-state index contributed by atoms with van der Waals surface area (Å²) >= 11 is 0. The molecule has 148 valence electrons. The normalized spacial score (nSPS) is 10.5. The second-order valence-corrected chi connectivity index (χ2v) is 6.60. The zero-order valence-corrected chi connectivity index (χ0v) is 15.8. The van der Waals surface area contributed by atoms with Crippen LogP contribution in [0, 0.1) is 10.1 Å². The summed E-state index contributed by atoms with van der Waals surface area (Å²) < 4.78 is 1.69. The molecule has 0 saturated heterocycles. The third-order valence-electron chi connectivity index (χ3n) is 4.51. The van der Waals surface area contributed by atoms with Crippen molar-refractivity contribution in [3.05, 3.63) is 112 Å². The molecule has 0 aliphatic heterocycles. The minimum absolute atomic E-state index is 0.168. The van der Waals surface area contributed by atoms with Gasteiger partial charge in [-0.05, 0) is 29.8 Å². The summed E-state index contributed by atoms with van der Waals surface area (Å²) in [5.74, 6) is -0.264. The molecule has 1 aromatic heterocycles. The summed E-state index contributed by atoms with van der Waals surface area (Å²) in [5.41, 5.74) is 2.54. The minimum Gasteiger partial charge on any atom is -0.350 e. The van der Waals surface area contributed by atoms with Crippen LogP contribution in [0.1, 0.15) is 21.5 Å². The third-order valence-corrected chi connectivity index (χ3v) is 4.51. The van der Waals surface area contributed by atoms with Gasteiger partial charge in [-0.3, -0.25) is 14.9 Å². The maximum absolute atomic E-state index is 12.6. The van der Waals surface area contributed by atoms with Crippen LogP contribution in [0.4, 0.5) is 17.1 Å². The lowest BCUT2D eigenvalue weighted by Gasteiger charge is -2.10. The summed E-state index contributed by atoms with van der Waals surface area (Å²) in [7, 11) is 0. The van der Waals surface area contributed by atoms with E-state index in [0.717, 1.165) is 5.56 Å². The number of carbonyl (C=O) groups is 1. The van der Waals surface area contributed by atoms with Gasteiger partial charge in [0.25, 0.3) is 5.69 Å². The molecule has 1 N–H and O–H groups in total. The molecule has 3 aromatic carbocycles. The highest BCUT2D eigenvalue weighted by molar-refractivity contribution is 6.09. The first-order valence-electron chi connectivity index (χ1n) is 9.17. The predicted molar refractivity (Wildman–Crippen MR) is 112 cm³/mol. The van der Waals surface area contributed by atoms with E-state index in [1.54, 1.807) is 47.4 Å². The van der Waals surface area contributed by atoms with Crippen LogP contribution in [0.2, 0.25) is 0 Å². The van der Waals surface area contributed by atoms with Crippen molar-refractivity contribution in [2.24, 2.45) is 0 Å². The summed E-state index contributed by atoms with van der Waals surface area (Å²) in [6, 6.07) is 20.6. The molecular formula is C22H17N5O3. The molecule has 4 rings (SSSR count). The summed E-state index contributed by atoms with van der Waals surface area (Å²) in [4.78, 5) is 27.7. The van der Waals surface area contributed by atoms with E-state index >= 15 is 0 Å². The fraction of sp³-hybridized carbons (Fsp3) is 0.0455. The van der Waals surface area contributed by atoms with Crippen LogP contribution < -0.4 is 5.32 Å². The Bertz CT molecular complexity index is 1190. The Kier molecular flexibility index (Phi) is 5.29. The lowest BCUT2D eigenvalue weighted by Crippen LogP contribution is -2.04. The lowest BCUT2D eigenvalue weighted by molar-refractivity contribution is -0.383. The predicted octanol–water partition coefficient (Wildman–Crippen LogP) is 4.21. The number of ketones is 1. The Labute approximate surface area is 172 Å². The molecule has 0 aliphatic carbocycles. The number of benzene rings is 3. The average molecular weight is 399 g/mol. The highest BCUT2D eigenvalue weighted by Crippen LogP contribution is 2.30. The number of nitro groups is 1. The second-order valence-electron chi connectivity index (χ2n) is 6.60. The molecule has 4 aromatic rings. The van der Waals surface area contributed by atoms with E-state index in [1.165, 1.54) is 12.4 Å². The highest BCUT2D eigenvalue weighted by Gasteiger charge is 2.18. The maximum atomic E-state index is 12.6. The molecule has 0 fully saturated rings. The minimum atomic E-state index is -0.497. The largest absolute Gasteiger partial charge is 0.350 e. The van der Waals surface area contributed by atoms with Gasteiger partial charge in [0.15, 0.2) is 5.78 Å². The van der Waals surface area contributed by atoms with Crippen molar-refractivity contribution < 1.29 is 9.72 Å². The maximum Gasteiger partial charge on any atom is 0.293 e. The average Bonchev–Trinajstić information content (AvgIpc) is 3.27. The van der Waals surface area contributed by atoms with Crippen LogP contribution in [-0.2, 0) is 6.54 Å². The lowest BCUT2D eigenvalue weighted by atomic mass is 10.0. The van der Waals surface area contributed by atoms with Gasteiger partial charge in [0, 0.05) is 22.9 Å². The number of carbonyl (C=O) groups excluding carboxylic acids is 1. The number of rotatable bonds is 7. The van der Waals surface area contributed by atoms with Gasteiger partial charge < -0.3 is 5.32 Å². The quantitative estimate of drug-likeness (QED) is 0.284. The number of nitrogens with zero attached hydrogens (tertiary/aromatic N) is 4.